The number of rotatable bonds is 5. The Bertz CT molecular complexity index is 966. The van der Waals surface area contributed by atoms with Gasteiger partial charge in [-0.15, -0.1) is 11.3 Å². The second-order valence-electron chi connectivity index (χ2n) is 6.47. The number of thiazole rings is 1. The molecule has 0 saturated carbocycles. The number of hydrogen-bond acceptors (Lipinski definition) is 5. The van der Waals surface area contributed by atoms with Crippen LogP contribution in [0, 0.1) is 0 Å². The summed E-state index contributed by atoms with van der Waals surface area (Å²) >= 11 is 1.55. The minimum atomic E-state index is -0.197. The van der Waals surface area contributed by atoms with Gasteiger partial charge in [0.1, 0.15) is 0 Å². The number of benzene rings is 1. The Morgan fingerprint density at radius 2 is 1.93 bits per heavy atom. The molecule has 0 radical (unpaired) electrons. The van der Waals surface area contributed by atoms with E-state index in [0.29, 0.717) is 13.1 Å². The highest BCUT2D eigenvalue weighted by Crippen LogP contribution is 2.22. The van der Waals surface area contributed by atoms with Crippen LogP contribution in [-0.4, -0.2) is 28.0 Å². The molecule has 1 saturated heterocycles. The Hall–Kier alpha value is -2.77. The van der Waals surface area contributed by atoms with Gasteiger partial charge < -0.3 is 10.2 Å². The maximum Gasteiger partial charge on any atom is 0.255 e. The zero-order valence-corrected chi connectivity index (χ0v) is 15.6. The first-order valence-corrected chi connectivity index (χ1v) is 9.86. The molecule has 3 heterocycles. The normalized spacial score (nSPS) is 17.3. The van der Waals surface area contributed by atoms with E-state index >= 15 is 0 Å². The molecule has 0 aliphatic carbocycles. The lowest BCUT2D eigenvalue weighted by Crippen LogP contribution is -2.50. The largest absolute Gasteiger partial charge is 0.311 e. The lowest BCUT2D eigenvalue weighted by Gasteiger charge is -2.32. The molecule has 3 aromatic rings. The fourth-order valence-electron chi connectivity index (χ4n) is 3.31. The van der Waals surface area contributed by atoms with Crippen LogP contribution in [0.4, 0.5) is 5.69 Å². The van der Waals surface area contributed by atoms with Gasteiger partial charge >= 0.3 is 0 Å². The van der Waals surface area contributed by atoms with Crippen molar-refractivity contribution in [3.05, 3.63) is 75.6 Å². The molecule has 1 N–H and O–H groups in total. The van der Waals surface area contributed by atoms with E-state index < -0.39 is 0 Å². The lowest BCUT2D eigenvalue weighted by atomic mass is 10.0. The van der Waals surface area contributed by atoms with Crippen molar-refractivity contribution < 1.29 is 4.79 Å². The molecule has 1 atom stereocenters. The summed E-state index contributed by atoms with van der Waals surface area (Å²) < 4.78 is 1.58. The van der Waals surface area contributed by atoms with E-state index in [2.05, 4.69) is 10.3 Å². The molecular formula is C20H20N4O2S. The second kappa shape index (κ2) is 7.85. The molecule has 138 valence electrons. The van der Waals surface area contributed by atoms with E-state index in [9.17, 15) is 9.59 Å². The molecule has 1 amide bonds. The second-order valence-corrected chi connectivity index (χ2v) is 7.19. The average Bonchev–Trinajstić information content (AvgIpc) is 3.22. The summed E-state index contributed by atoms with van der Waals surface area (Å²) in [6.45, 7) is 1.31. The van der Waals surface area contributed by atoms with Crippen LogP contribution in [0.3, 0.4) is 0 Å². The fraction of sp³-hybridized carbons (Fsp3) is 0.250. The van der Waals surface area contributed by atoms with Crippen molar-refractivity contribution in [1.82, 2.24) is 14.9 Å². The molecule has 2 aromatic heterocycles. The van der Waals surface area contributed by atoms with Gasteiger partial charge in [0.2, 0.25) is 5.91 Å². The van der Waals surface area contributed by atoms with Gasteiger partial charge in [0.15, 0.2) is 0 Å². The first-order valence-electron chi connectivity index (χ1n) is 8.92. The highest BCUT2D eigenvalue weighted by molar-refractivity contribution is 7.07. The van der Waals surface area contributed by atoms with Gasteiger partial charge in [-0.2, -0.15) is 0 Å². The zero-order valence-electron chi connectivity index (χ0n) is 14.7. The minimum absolute atomic E-state index is 0.0781. The Balaban J connectivity index is 1.48. The minimum Gasteiger partial charge on any atom is -0.311 e. The number of aromatic nitrogens is 2. The number of carbonyl (C=O) groups excluding carboxylic acids is 1. The SMILES string of the molecule is O=C1C(NCc2cscn2)CCCN1c1ccc(-n2ccccc2=O)cc1. The van der Waals surface area contributed by atoms with E-state index in [1.54, 1.807) is 33.7 Å². The highest BCUT2D eigenvalue weighted by Gasteiger charge is 2.29. The predicted octanol–water partition coefficient (Wildman–Crippen LogP) is 2.58. The molecule has 1 fully saturated rings. The van der Waals surface area contributed by atoms with Crippen LogP contribution in [0.5, 0.6) is 0 Å². The number of carbonyl (C=O) groups is 1. The number of pyridine rings is 1. The summed E-state index contributed by atoms with van der Waals surface area (Å²) in [6, 6.07) is 12.4. The van der Waals surface area contributed by atoms with Crippen LogP contribution in [0.15, 0.2) is 64.3 Å². The van der Waals surface area contributed by atoms with Gasteiger partial charge in [0.05, 0.1) is 17.2 Å². The third-order valence-corrected chi connectivity index (χ3v) is 5.35. The van der Waals surface area contributed by atoms with E-state index in [1.807, 2.05) is 40.6 Å². The Labute approximate surface area is 161 Å². The van der Waals surface area contributed by atoms with Crippen LogP contribution in [-0.2, 0) is 11.3 Å². The van der Waals surface area contributed by atoms with Gasteiger partial charge in [-0.25, -0.2) is 4.98 Å². The third kappa shape index (κ3) is 3.84. The summed E-state index contributed by atoms with van der Waals surface area (Å²) in [4.78, 5) is 30.9. The number of amides is 1. The van der Waals surface area contributed by atoms with Crippen molar-refractivity contribution in [2.24, 2.45) is 0 Å². The van der Waals surface area contributed by atoms with Crippen LogP contribution >= 0.6 is 11.3 Å². The zero-order chi connectivity index (χ0) is 18.6. The summed E-state index contributed by atoms with van der Waals surface area (Å²) in [5.74, 6) is 0.0844. The molecule has 27 heavy (non-hydrogen) atoms. The quantitative estimate of drug-likeness (QED) is 0.739. The molecule has 1 aliphatic rings. The Morgan fingerprint density at radius 3 is 2.67 bits per heavy atom. The summed E-state index contributed by atoms with van der Waals surface area (Å²) in [6.07, 6.45) is 3.51. The van der Waals surface area contributed by atoms with Crippen molar-refractivity contribution >= 4 is 22.9 Å². The van der Waals surface area contributed by atoms with Gasteiger partial charge in [-0.1, -0.05) is 6.07 Å². The summed E-state index contributed by atoms with van der Waals surface area (Å²) in [7, 11) is 0. The Kier molecular flexibility index (Phi) is 5.13. The first kappa shape index (κ1) is 17.6. The molecule has 1 aliphatic heterocycles. The number of nitrogens with zero attached hydrogens (tertiary/aromatic N) is 3. The first-order chi connectivity index (χ1) is 13.2. The number of hydrogen-bond donors (Lipinski definition) is 1. The van der Waals surface area contributed by atoms with Gasteiger partial charge in [-0.05, 0) is 43.2 Å². The third-order valence-electron chi connectivity index (χ3n) is 4.71. The van der Waals surface area contributed by atoms with E-state index in [0.717, 1.165) is 29.9 Å². The van der Waals surface area contributed by atoms with Crippen molar-refractivity contribution in [1.29, 1.82) is 0 Å². The molecule has 7 heteroatoms. The predicted molar refractivity (Wildman–Crippen MR) is 106 cm³/mol. The topological polar surface area (TPSA) is 67.2 Å². The fourth-order valence-corrected chi connectivity index (χ4v) is 3.87. The van der Waals surface area contributed by atoms with Crippen molar-refractivity contribution in [2.45, 2.75) is 25.4 Å². The van der Waals surface area contributed by atoms with Gasteiger partial charge in [-0.3, -0.25) is 14.2 Å². The smallest absolute Gasteiger partial charge is 0.255 e. The molecule has 1 aromatic carbocycles. The van der Waals surface area contributed by atoms with Crippen molar-refractivity contribution in [3.8, 4) is 5.69 Å². The van der Waals surface area contributed by atoms with E-state index in [4.69, 9.17) is 0 Å². The van der Waals surface area contributed by atoms with Crippen molar-refractivity contribution in [3.63, 3.8) is 0 Å². The lowest BCUT2D eigenvalue weighted by molar-refractivity contribution is -0.121. The highest BCUT2D eigenvalue weighted by atomic mass is 32.1. The average molecular weight is 380 g/mol. The molecule has 4 rings (SSSR count). The summed E-state index contributed by atoms with van der Waals surface area (Å²) in [5, 5.41) is 5.31. The Morgan fingerprint density at radius 1 is 1.11 bits per heavy atom. The number of anilines is 1. The number of piperidine rings is 1. The molecular weight excluding hydrogens is 360 g/mol. The maximum atomic E-state index is 12.9. The standard InChI is InChI=1S/C20H20N4O2S/c25-19-5-1-2-10-23(19)16-6-8-17(9-7-16)24-11-3-4-18(20(24)26)21-12-15-13-27-14-22-15/h1-2,5-10,13-14,18,21H,3-4,11-12H2. The monoisotopic (exact) mass is 380 g/mol. The van der Waals surface area contributed by atoms with Crippen LogP contribution in [0.2, 0.25) is 0 Å². The van der Waals surface area contributed by atoms with Crippen LogP contribution in [0.1, 0.15) is 18.5 Å². The molecule has 0 bridgehead atoms. The summed E-state index contributed by atoms with van der Waals surface area (Å²) in [5.41, 5.74) is 4.32. The van der Waals surface area contributed by atoms with Crippen molar-refractivity contribution in [2.75, 3.05) is 11.4 Å². The number of nitrogens with one attached hydrogen (secondary N) is 1. The van der Waals surface area contributed by atoms with Gasteiger partial charge in [0, 0.05) is 42.1 Å². The maximum absolute atomic E-state index is 12.9. The van der Waals surface area contributed by atoms with E-state index in [-0.39, 0.29) is 17.5 Å². The molecule has 6 nitrogen and oxygen atoms in total. The molecule has 0 spiro atoms. The van der Waals surface area contributed by atoms with Crippen LogP contribution < -0.4 is 15.8 Å². The molecule has 1 unspecified atom stereocenters. The van der Waals surface area contributed by atoms with E-state index in [1.165, 1.54) is 6.07 Å². The van der Waals surface area contributed by atoms with Crippen LogP contribution in [0.25, 0.3) is 5.69 Å². The van der Waals surface area contributed by atoms with Gasteiger partial charge in [0.25, 0.3) is 5.56 Å².